The number of rotatable bonds is 14. The number of carbonyl (C=O) groups excluding carboxylic acids is 1. The Kier molecular flexibility index (Phi) is 12.5. The maximum Gasteiger partial charge on any atom is 0.573 e. The summed E-state index contributed by atoms with van der Waals surface area (Å²) in [6.45, 7) is 0.424. The summed E-state index contributed by atoms with van der Waals surface area (Å²) in [4.78, 5) is 28.5. The van der Waals surface area contributed by atoms with Crippen molar-refractivity contribution in [3.8, 4) is 22.6 Å². The molecule has 1 amide bonds. The lowest BCUT2D eigenvalue weighted by Crippen LogP contribution is -2.27. The molecule has 264 valence electrons. The zero-order chi connectivity index (χ0) is 35.7. The molecule has 0 aliphatic heterocycles. The molecule has 0 spiro atoms. The molecule has 4 aromatic rings. The van der Waals surface area contributed by atoms with Crippen molar-refractivity contribution in [2.75, 3.05) is 6.61 Å². The molecule has 2 N–H and O–H groups in total. The van der Waals surface area contributed by atoms with Gasteiger partial charge in [-0.3, -0.25) is 9.59 Å². The quantitative estimate of drug-likeness (QED) is 0.0995. The highest BCUT2D eigenvalue weighted by Crippen LogP contribution is 2.38. The Bertz CT molecular complexity index is 1760. The average molecular weight is 731 g/mol. The van der Waals surface area contributed by atoms with E-state index in [9.17, 15) is 22.8 Å². The molecule has 1 saturated carbocycles. The molecule has 50 heavy (non-hydrogen) atoms. The molecule has 3 atom stereocenters. The number of benzene rings is 3. The maximum absolute atomic E-state index is 13.0. The number of carboxylic acids is 1. The van der Waals surface area contributed by atoms with Gasteiger partial charge in [-0.1, -0.05) is 54.6 Å². The normalized spacial score (nSPS) is 17.8. The zero-order valence-corrected chi connectivity index (χ0v) is 28.4. The first kappa shape index (κ1) is 36.8. The minimum atomic E-state index is -4.78. The topological polar surface area (TPSA) is 103 Å². The highest BCUT2D eigenvalue weighted by atomic mass is 35.5. The summed E-state index contributed by atoms with van der Waals surface area (Å²) in [7, 11) is 0. The number of hydrogen-bond acceptors (Lipinski definition) is 5. The first-order chi connectivity index (χ1) is 23.9. The van der Waals surface area contributed by atoms with Crippen molar-refractivity contribution in [2.24, 2.45) is 0 Å². The van der Waals surface area contributed by atoms with Gasteiger partial charge in [0, 0.05) is 35.8 Å². The molecule has 13 heteroatoms. The lowest BCUT2D eigenvalue weighted by atomic mass is 9.86. The van der Waals surface area contributed by atoms with E-state index in [0.717, 1.165) is 35.2 Å². The van der Waals surface area contributed by atoms with Crippen LogP contribution in [0.4, 0.5) is 13.2 Å². The number of nitrogens with zero attached hydrogens (tertiary/aromatic N) is 2. The van der Waals surface area contributed by atoms with Crippen molar-refractivity contribution in [1.29, 1.82) is 0 Å². The number of alkyl halides is 5. The number of nitrogens with one attached hydrogen (secondary N) is 1. The molecule has 1 aliphatic rings. The van der Waals surface area contributed by atoms with Crippen molar-refractivity contribution in [2.45, 2.75) is 68.2 Å². The van der Waals surface area contributed by atoms with E-state index in [-0.39, 0.29) is 47.8 Å². The molecule has 0 radical (unpaired) electrons. The Labute approximate surface area is 297 Å². The number of carbonyl (C=O) groups is 2. The van der Waals surface area contributed by atoms with Crippen molar-refractivity contribution in [3.05, 3.63) is 102 Å². The van der Waals surface area contributed by atoms with E-state index in [2.05, 4.69) is 10.1 Å². The molecule has 1 heterocycles. The Balaban J connectivity index is 1.25. The number of ether oxygens (including phenoxy) is 2. The van der Waals surface area contributed by atoms with Crippen LogP contribution in [-0.4, -0.2) is 50.3 Å². The van der Waals surface area contributed by atoms with E-state index in [4.69, 9.17) is 38.0 Å². The van der Waals surface area contributed by atoms with Crippen LogP contribution >= 0.6 is 23.2 Å². The van der Waals surface area contributed by atoms with Crippen molar-refractivity contribution in [1.82, 2.24) is 14.9 Å². The monoisotopic (exact) mass is 729 g/mol. The standard InChI is InChI=1S/C37H36Cl2F3N3O5/c38-28-12-17-31(32(39)20-28)33-22-45(23-35(46)43-21-25-5-13-30(14-6-25)50-37(40,41)42)34(44-33)18-7-24-3-8-26(9-4-24)27-10-15-29(16-11-27)49-19-1-2-36(47)48/h3-11,13-16,18,22,28,31-32H,1-2,12,17,19-21,23H2,(H,43,46)(H,47,48)/b18-7+. The average Bonchev–Trinajstić information content (AvgIpc) is 3.47. The molecule has 5 rings (SSSR count). The number of aliphatic carboxylic acids is 1. The van der Waals surface area contributed by atoms with Gasteiger partial charge in [-0.25, -0.2) is 4.98 Å². The highest BCUT2D eigenvalue weighted by molar-refractivity contribution is 6.24. The molecule has 1 fully saturated rings. The van der Waals surface area contributed by atoms with Gasteiger partial charge in [0.2, 0.25) is 5.91 Å². The van der Waals surface area contributed by atoms with Crippen LogP contribution in [-0.2, 0) is 22.7 Å². The second-order valence-corrected chi connectivity index (χ2v) is 13.2. The van der Waals surface area contributed by atoms with Gasteiger partial charge < -0.3 is 24.5 Å². The van der Waals surface area contributed by atoms with Gasteiger partial charge in [-0.15, -0.1) is 36.4 Å². The number of hydrogen-bond donors (Lipinski definition) is 2. The summed E-state index contributed by atoms with van der Waals surface area (Å²) < 4.78 is 48.7. The fourth-order valence-electron chi connectivity index (χ4n) is 5.63. The second-order valence-electron chi connectivity index (χ2n) is 12.0. The molecule has 3 aromatic carbocycles. The van der Waals surface area contributed by atoms with Gasteiger partial charge in [0.05, 0.1) is 12.3 Å². The summed E-state index contributed by atoms with van der Waals surface area (Å²) in [5, 5.41) is 11.4. The van der Waals surface area contributed by atoms with Crippen LogP contribution in [0.25, 0.3) is 23.3 Å². The van der Waals surface area contributed by atoms with E-state index in [0.29, 0.717) is 36.6 Å². The van der Waals surface area contributed by atoms with E-state index in [1.54, 1.807) is 4.57 Å². The van der Waals surface area contributed by atoms with E-state index in [1.807, 2.05) is 66.9 Å². The van der Waals surface area contributed by atoms with Crippen LogP contribution in [0.15, 0.2) is 79.0 Å². The second kappa shape index (κ2) is 17.0. The predicted octanol–water partition coefficient (Wildman–Crippen LogP) is 8.66. The fraction of sp³-hybridized carbons (Fsp3) is 0.324. The molecule has 3 unspecified atom stereocenters. The molecule has 8 nitrogen and oxygen atoms in total. The van der Waals surface area contributed by atoms with Crippen LogP contribution in [0.1, 0.15) is 60.7 Å². The Morgan fingerprint density at radius 3 is 2.24 bits per heavy atom. The lowest BCUT2D eigenvalue weighted by Gasteiger charge is -2.28. The zero-order valence-electron chi connectivity index (χ0n) is 26.9. The third-order valence-electron chi connectivity index (χ3n) is 8.20. The van der Waals surface area contributed by atoms with E-state index in [1.165, 1.54) is 24.3 Å². The molecule has 1 aliphatic carbocycles. The number of aromatic nitrogens is 2. The minimum absolute atomic E-state index is 0.0126. The van der Waals surface area contributed by atoms with E-state index < -0.39 is 12.3 Å². The Morgan fingerprint density at radius 1 is 0.940 bits per heavy atom. The SMILES string of the molecule is O=C(O)CCCOc1ccc(-c2ccc(/C=C/c3nc(C4CCC(Cl)CC4Cl)cn3CC(=O)NCc3ccc(OC(F)(F)F)cc3)cc2)cc1. The first-order valence-electron chi connectivity index (χ1n) is 16.1. The third kappa shape index (κ3) is 11.0. The minimum Gasteiger partial charge on any atom is -0.494 e. The van der Waals surface area contributed by atoms with Gasteiger partial charge in [-0.2, -0.15) is 0 Å². The highest BCUT2D eigenvalue weighted by Gasteiger charge is 2.32. The van der Waals surface area contributed by atoms with Gasteiger partial charge >= 0.3 is 12.3 Å². The van der Waals surface area contributed by atoms with Crippen molar-refractivity contribution in [3.63, 3.8) is 0 Å². The lowest BCUT2D eigenvalue weighted by molar-refractivity contribution is -0.274. The number of carboxylic acid groups (broad SMARTS) is 1. The van der Waals surface area contributed by atoms with Gasteiger partial charge in [0.1, 0.15) is 23.9 Å². The Morgan fingerprint density at radius 2 is 1.60 bits per heavy atom. The summed E-state index contributed by atoms with van der Waals surface area (Å²) in [6.07, 6.45) is 3.58. The maximum atomic E-state index is 13.0. The molecular formula is C37H36Cl2F3N3O5. The first-order valence-corrected chi connectivity index (χ1v) is 17.0. The predicted molar refractivity (Wildman–Crippen MR) is 186 cm³/mol. The summed E-state index contributed by atoms with van der Waals surface area (Å²) >= 11 is 13.0. The van der Waals surface area contributed by atoms with Gasteiger partial charge in [-0.05, 0) is 78.3 Å². The molecular weight excluding hydrogens is 694 g/mol. The van der Waals surface area contributed by atoms with Crippen LogP contribution < -0.4 is 14.8 Å². The van der Waals surface area contributed by atoms with Gasteiger partial charge in [0.15, 0.2) is 0 Å². The molecule has 0 saturated heterocycles. The third-order valence-corrected chi connectivity index (χ3v) is 9.08. The largest absolute Gasteiger partial charge is 0.573 e. The summed E-state index contributed by atoms with van der Waals surface area (Å²) in [6, 6.07) is 20.9. The number of imidazole rings is 1. The van der Waals surface area contributed by atoms with Crippen molar-refractivity contribution >= 4 is 47.2 Å². The van der Waals surface area contributed by atoms with Crippen LogP contribution in [0.5, 0.6) is 11.5 Å². The number of amides is 1. The Hall–Kier alpha value is -4.48. The fourth-order valence-corrected chi connectivity index (χ4v) is 6.50. The smallest absolute Gasteiger partial charge is 0.494 e. The summed E-state index contributed by atoms with van der Waals surface area (Å²) in [5.74, 6) is -0.248. The van der Waals surface area contributed by atoms with Crippen LogP contribution in [0.3, 0.4) is 0 Å². The van der Waals surface area contributed by atoms with Gasteiger partial charge in [0.25, 0.3) is 0 Å². The van der Waals surface area contributed by atoms with Crippen molar-refractivity contribution < 1.29 is 37.3 Å². The number of halogens is 5. The molecule has 1 aromatic heterocycles. The summed E-state index contributed by atoms with van der Waals surface area (Å²) in [5.41, 5.74) is 4.32. The van der Waals surface area contributed by atoms with E-state index >= 15 is 0 Å². The van der Waals surface area contributed by atoms with Crippen LogP contribution in [0.2, 0.25) is 0 Å². The van der Waals surface area contributed by atoms with Crippen LogP contribution in [0, 0.1) is 0 Å². The molecule has 0 bridgehead atoms.